The van der Waals surface area contributed by atoms with Crippen molar-refractivity contribution in [3.8, 4) is 0 Å². The van der Waals surface area contributed by atoms with Gasteiger partial charge in [0.15, 0.2) is 5.78 Å². The SMILES string of the molecule is CCCCCCCCCCCCCCCCCC(=O)N(CCCCCCCCCCCCCC)[C@]1(N)O[C@H](CC(=O)[C@@H](N)CO)[C@@H](O)[C@H](O)[C@H]1O.Cl. The summed E-state index contributed by atoms with van der Waals surface area (Å²) in [6.07, 6.45) is 25.6. The smallest absolute Gasteiger partial charge is 0.227 e. The molecule has 0 aromatic carbocycles. The highest BCUT2D eigenvalue weighted by molar-refractivity contribution is 5.85. The summed E-state index contributed by atoms with van der Waals surface area (Å²) in [7, 11) is 0. The number of aliphatic hydroxyl groups excluding tert-OH is 4. The highest BCUT2D eigenvalue weighted by atomic mass is 35.5. The first-order chi connectivity index (χ1) is 24.6. The molecular weight excluding hydrogens is 682 g/mol. The average molecular weight is 765 g/mol. The first-order valence-corrected chi connectivity index (χ1v) is 21.3. The molecule has 0 unspecified atom stereocenters. The maximum absolute atomic E-state index is 13.7. The number of Topliss-reactive ketones (excluding diaryl/α,β-unsaturated/α-hetero) is 1. The van der Waals surface area contributed by atoms with E-state index in [1.54, 1.807) is 0 Å². The molecule has 0 saturated carbocycles. The number of amides is 1. The lowest BCUT2D eigenvalue weighted by Gasteiger charge is -2.51. The number of aliphatic hydroxyl groups is 4. The van der Waals surface area contributed by atoms with Crippen molar-refractivity contribution in [2.75, 3.05) is 13.2 Å². The van der Waals surface area contributed by atoms with Crippen LogP contribution in [0.1, 0.15) is 200 Å². The van der Waals surface area contributed by atoms with E-state index in [-0.39, 0.29) is 31.3 Å². The molecule has 0 spiro atoms. The van der Waals surface area contributed by atoms with Gasteiger partial charge >= 0.3 is 0 Å². The Bertz CT molecular complexity index is 872. The van der Waals surface area contributed by atoms with Gasteiger partial charge in [-0.05, 0) is 12.8 Å². The fraction of sp³-hybridized carbons (Fsp3) is 0.951. The molecule has 0 aliphatic carbocycles. The van der Waals surface area contributed by atoms with Crippen molar-refractivity contribution < 1.29 is 34.8 Å². The van der Waals surface area contributed by atoms with E-state index >= 15 is 0 Å². The molecular formula is C41H82ClN3O7. The predicted octanol–water partition coefficient (Wildman–Crippen LogP) is 7.57. The summed E-state index contributed by atoms with van der Waals surface area (Å²) in [6, 6.07) is -1.18. The lowest BCUT2D eigenvalue weighted by molar-refractivity contribution is -0.309. The van der Waals surface area contributed by atoms with Crippen LogP contribution in [0.5, 0.6) is 0 Å². The second-order valence-corrected chi connectivity index (χ2v) is 15.4. The number of nitrogens with two attached hydrogens (primary N) is 2. The molecule has 10 nitrogen and oxygen atoms in total. The number of halogens is 1. The Morgan fingerprint density at radius 1 is 0.635 bits per heavy atom. The summed E-state index contributed by atoms with van der Waals surface area (Å²) in [6.45, 7) is 4.13. The number of carbonyl (C=O) groups excluding carboxylic acids is 2. The minimum absolute atomic E-state index is 0. The van der Waals surface area contributed by atoms with Gasteiger partial charge in [-0.1, -0.05) is 174 Å². The molecule has 52 heavy (non-hydrogen) atoms. The number of rotatable bonds is 34. The third-order valence-corrected chi connectivity index (χ3v) is 10.8. The fourth-order valence-corrected chi connectivity index (χ4v) is 7.26. The molecule has 310 valence electrons. The normalized spacial score (nSPS) is 22.2. The fourth-order valence-electron chi connectivity index (χ4n) is 7.26. The number of unbranched alkanes of at least 4 members (excludes halogenated alkanes) is 25. The van der Waals surface area contributed by atoms with Gasteiger partial charge in [0, 0.05) is 19.4 Å². The monoisotopic (exact) mass is 764 g/mol. The lowest BCUT2D eigenvalue weighted by atomic mass is 9.90. The molecule has 1 fully saturated rings. The zero-order valence-corrected chi connectivity index (χ0v) is 34.1. The van der Waals surface area contributed by atoms with Crippen molar-refractivity contribution >= 4 is 24.1 Å². The summed E-state index contributed by atoms with van der Waals surface area (Å²) in [4.78, 5) is 27.6. The van der Waals surface area contributed by atoms with Gasteiger partial charge in [0.1, 0.15) is 18.3 Å². The molecule has 1 amide bonds. The van der Waals surface area contributed by atoms with E-state index in [2.05, 4.69) is 13.8 Å². The Balaban J connectivity index is 0.0000260. The van der Waals surface area contributed by atoms with Gasteiger partial charge < -0.3 is 30.9 Å². The Hall–Kier alpha value is -0.850. The number of hydrogen-bond donors (Lipinski definition) is 6. The van der Waals surface area contributed by atoms with Crippen molar-refractivity contribution in [1.29, 1.82) is 0 Å². The van der Waals surface area contributed by atoms with E-state index < -0.39 is 55.1 Å². The number of hydrogen-bond acceptors (Lipinski definition) is 9. The van der Waals surface area contributed by atoms with Crippen molar-refractivity contribution in [2.24, 2.45) is 11.5 Å². The van der Waals surface area contributed by atoms with Gasteiger partial charge in [-0.25, -0.2) is 0 Å². The molecule has 1 saturated heterocycles. The van der Waals surface area contributed by atoms with E-state index in [1.807, 2.05) is 0 Å². The van der Waals surface area contributed by atoms with Crippen molar-refractivity contribution in [2.45, 2.75) is 236 Å². The summed E-state index contributed by atoms with van der Waals surface area (Å²) >= 11 is 0. The minimum Gasteiger partial charge on any atom is -0.394 e. The molecule has 1 aliphatic rings. The van der Waals surface area contributed by atoms with Crippen molar-refractivity contribution in [3.63, 3.8) is 0 Å². The molecule has 1 heterocycles. The summed E-state index contributed by atoms with van der Waals surface area (Å²) in [5.41, 5.74) is 12.3. The molecule has 6 atom stereocenters. The van der Waals surface area contributed by atoms with Crippen molar-refractivity contribution in [1.82, 2.24) is 4.90 Å². The summed E-state index contributed by atoms with van der Waals surface area (Å²) in [5.74, 6) is -2.99. The largest absolute Gasteiger partial charge is 0.394 e. The summed E-state index contributed by atoms with van der Waals surface area (Å²) in [5, 5.41) is 41.8. The van der Waals surface area contributed by atoms with Gasteiger partial charge in [-0.2, -0.15) is 0 Å². The van der Waals surface area contributed by atoms with Gasteiger partial charge in [0.05, 0.1) is 18.8 Å². The molecule has 8 N–H and O–H groups in total. The molecule has 0 bridgehead atoms. The topological polar surface area (TPSA) is 180 Å². The van der Waals surface area contributed by atoms with E-state index in [9.17, 15) is 30.0 Å². The van der Waals surface area contributed by atoms with E-state index in [0.29, 0.717) is 12.8 Å². The lowest BCUT2D eigenvalue weighted by Crippen LogP contribution is -2.76. The molecule has 1 aliphatic heterocycles. The molecule has 1 rings (SSSR count). The standard InChI is InChI=1S/C41H81N3O7.ClH/c1-3-5-7-9-11-13-15-17-18-19-20-22-24-26-28-30-37(47)44(31-29-27-25-23-21-16-14-12-10-8-6-4-2)41(43)40(50)39(49)38(48)36(51-41)32-35(46)34(42)33-45;/h34,36,38-40,45,48-50H,3-33,42-43H2,1-2H3;1H/t34-,36+,38+,39-,40+,41-;/m0./s1. The van der Waals surface area contributed by atoms with Crippen LogP contribution in [0.25, 0.3) is 0 Å². The zero-order valence-electron chi connectivity index (χ0n) is 33.3. The number of carbonyl (C=O) groups is 2. The maximum atomic E-state index is 13.7. The predicted molar refractivity (Wildman–Crippen MR) is 214 cm³/mol. The zero-order chi connectivity index (χ0) is 37.7. The maximum Gasteiger partial charge on any atom is 0.227 e. The first kappa shape index (κ1) is 51.1. The van der Waals surface area contributed by atoms with Gasteiger partial charge in [-0.3, -0.25) is 20.2 Å². The molecule has 0 aromatic heterocycles. The molecule has 0 aromatic rings. The Morgan fingerprint density at radius 3 is 1.38 bits per heavy atom. The number of ketones is 1. The van der Waals surface area contributed by atoms with Crippen LogP contribution in [0, 0.1) is 0 Å². The van der Waals surface area contributed by atoms with E-state index in [1.165, 1.54) is 127 Å². The minimum atomic E-state index is -2.13. The van der Waals surface area contributed by atoms with Crippen LogP contribution in [0.15, 0.2) is 0 Å². The van der Waals surface area contributed by atoms with Crippen LogP contribution in [-0.2, 0) is 14.3 Å². The molecule has 0 radical (unpaired) electrons. The Labute approximate surface area is 324 Å². The number of nitrogens with zero attached hydrogens (tertiary/aromatic N) is 1. The highest BCUT2D eigenvalue weighted by Crippen LogP contribution is 2.32. The second-order valence-electron chi connectivity index (χ2n) is 15.4. The van der Waals surface area contributed by atoms with Crippen LogP contribution in [0.3, 0.4) is 0 Å². The third kappa shape index (κ3) is 21.3. The van der Waals surface area contributed by atoms with E-state index in [0.717, 1.165) is 38.5 Å². The Morgan fingerprint density at radius 2 is 1.00 bits per heavy atom. The Kier molecular flexibility index (Phi) is 31.9. The van der Waals surface area contributed by atoms with Gasteiger partial charge in [0.2, 0.25) is 11.8 Å². The first-order valence-electron chi connectivity index (χ1n) is 21.3. The highest BCUT2D eigenvalue weighted by Gasteiger charge is 2.56. The second kappa shape index (κ2) is 32.4. The number of ether oxygens (including phenoxy) is 1. The van der Waals surface area contributed by atoms with Crippen LogP contribution < -0.4 is 11.5 Å². The van der Waals surface area contributed by atoms with Crippen LogP contribution in [0.4, 0.5) is 0 Å². The van der Waals surface area contributed by atoms with Crippen LogP contribution in [-0.4, -0.2) is 86.5 Å². The van der Waals surface area contributed by atoms with Crippen LogP contribution in [0.2, 0.25) is 0 Å². The third-order valence-electron chi connectivity index (χ3n) is 10.8. The van der Waals surface area contributed by atoms with Gasteiger partial charge in [0.25, 0.3) is 0 Å². The van der Waals surface area contributed by atoms with Crippen LogP contribution >= 0.6 is 12.4 Å². The average Bonchev–Trinajstić information content (AvgIpc) is 3.12. The quantitative estimate of drug-likeness (QED) is 0.0285. The van der Waals surface area contributed by atoms with Crippen molar-refractivity contribution in [3.05, 3.63) is 0 Å². The van der Waals surface area contributed by atoms with E-state index in [4.69, 9.17) is 16.2 Å². The molecule has 11 heteroatoms. The van der Waals surface area contributed by atoms with Gasteiger partial charge in [-0.15, -0.1) is 12.4 Å². The summed E-state index contributed by atoms with van der Waals surface area (Å²) < 4.78 is 5.97.